The van der Waals surface area contributed by atoms with Crippen molar-refractivity contribution in [1.29, 1.82) is 0 Å². The molecule has 11 nitrogen and oxygen atoms in total. The summed E-state index contributed by atoms with van der Waals surface area (Å²) in [6.45, 7) is 3.30. The first-order chi connectivity index (χ1) is 21.5. The van der Waals surface area contributed by atoms with E-state index in [1.807, 2.05) is 47.4 Å². The number of aromatic nitrogens is 1. The highest BCUT2D eigenvalue weighted by molar-refractivity contribution is 5.94. The molecule has 1 saturated heterocycles. The van der Waals surface area contributed by atoms with Gasteiger partial charge in [-0.3, -0.25) is 19.5 Å². The van der Waals surface area contributed by atoms with Crippen molar-refractivity contribution in [1.82, 2.24) is 9.88 Å². The van der Waals surface area contributed by atoms with Gasteiger partial charge in [0.25, 0.3) is 0 Å². The molecule has 2 aromatic carbocycles. The largest absolute Gasteiger partial charge is 0.493 e. The Balaban J connectivity index is 1.33. The molecule has 0 saturated carbocycles. The van der Waals surface area contributed by atoms with Gasteiger partial charge in [0.2, 0.25) is 25.2 Å². The number of hydrogen-bond acceptors (Lipinski definition) is 9. The Hall–Kier alpha value is -4.51. The Bertz CT molecular complexity index is 1500. The van der Waals surface area contributed by atoms with Gasteiger partial charge in [-0.05, 0) is 60.7 Å². The van der Waals surface area contributed by atoms with Gasteiger partial charge < -0.3 is 33.7 Å². The van der Waals surface area contributed by atoms with E-state index in [-0.39, 0.29) is 26.0 Å². The molecule has 0 spiro atoms. The number of carboxylic acids is 1. The zero-order chi connectivity index (χ0) is 30.6. The maximum atomic E-state index is 14.0. The summed E-state index contributed by atoms with van der Waals surface area (Å²) in [6, 6.07) is 12.7. The number of amides is 1. The minimum Gasteiger partial charge on any atom is -0.493 e. The molecule has 6 rings (SSSR count). The molecule has 3 atom stereocenters. The highest BCUT2D eigenvalue weighted by atomic mass is 16.7. The number of unbranched alkanes of at least 4 members (excludes halogenated alkanes) is 1. The molecular formula is C33H37N3O8. The zero-order valence-corrected chi connectivity index (χ0v) is 24.9. The average molecular weight is 604 g/mol. The van der Waals surface area contributed by atoms with Crippen molar-refractivity contribution in [3.63, 3.8) is 0 Å². The van der Waals surface area contributed by atoms with E-state index in [0.29, 0.717) is 54.7 Å². The summed E-state index contributed by atoms with van der Waals surface area (Å²) in [5.41, 5.74) is 2.44. The van der Waals surface area contributed by atoms with E-state index < -0.39 is 23.8 Å². The molecule has 3 aliphatic rings. The first-order valence-corrected chi connectivity index (χ1v) is 15.0. The molecule has 1 N–H and O–H groups in total. The Morgan fingerprint density at radius 1 is 1.07 bits per heavy atom. The van der Waals surface area contributed by atoms with Crippen molar-refractivity contribution in [2.24, 2.45) is 5.92 Å². The van der Waals surface area contributed by atoms with Gasteiger partial charge in [0.15, 0.2) is 23.0 Å². The maximum absolute atomic E-state index is 14.0. The van der Waals surface area contributed by atoms with Gasteiger partial charge in [-0.15, -0.1) is 0 Å². The van der Waals surface area contributed by atoms with Crippen molar-refractivity contribution in [3.05, 3.63) is 66.0 Å². The lowest BCUT2D eigenvalue weighted by Crippen LogP contribution is -2.44. The molecule has 1 amide bonds. The molecule has 44 heavy (non-hydrogen) atoms. The second-order valence-electron chi connectivity index (χ2n) is 11.2. The number of hydrogen-bond donors (Lipinski definition) is 1. The van der Waals surface area contributed by atoms with Crippen LogP contribution in [0.15, 0.2) is 54.9 Å². The van der Waals surface area contributed by atoms with Crippen LogP contribution in [-0.2, 0) is 16.0 Å². The molecule has 232 valence electrons. The lowest BCUT2D eigenvalue weighted by Gasteiger charge is -2.29. The number of carboxylic acid groups (broad SMARTS) is 1. The van der Waals surface area contributed by atoms with Crippen molar-refractivity contribution < 1.29 is 38.4 Å². The number of rotatable bonds is 12. The molecule has 1 aromatic heterocycles. The number of nitrogens with zero attached hydrogens (tertiary/aromatic N) is 3. The standard InChI is InChI=1S/C33H37N3O8/c1-3-4-13-36(23-8-6-12-34-16-23)29(37)18-35-17-24(22-14-27(40-2)32-28(15-22)42-20-44-32)30(33(38)39)25(35)11-10-21-7-5-9-26-31(21)43-19-41-26/h5-9,12,14-16,24-25,30H,3-4,10-11,13,17-20H2,1-2H3,(H,38,39). The van der Waals surface area contributed by atoms with Crippen LogP contribution in [0, 0.1) is 5.92 Å². The van der Waals surface area contributed by atoms with Crippen molar-refractivity contribution in [2.45, 2.75) is 44.6 Å². The number of pyridine rings is 1. The predicted octanol–water partition coefficient (Wildman–Crippen LogP) is 4.48. The number of para-hydroxylation sites is 1. The number of aliphatic carboxylic acids is 1. The summed E-state index contributed by atoms with van der Waals surface area (Å²) in [4.78, 5) is 35.0. The summed E-state index contributed by atoms with van der Waals surface area (Å²) < 4.78 is 28.1. The summed E-state index contributed by atoms with van der Waals surface area (Å²) in [5, 5.41) is 10.7. The average Bonchev–Trinajstić information content (AvgIpc) is 3.79. The summed E-state index contributed by atoms with van der Waals surface area (Å²) >= 11 is 0. The third-order valence-corrected chi connectivity index (χ3v) is 8.66. The van der Waals surface area contributed by atoms with Crippen LogP contribution >= 0.6 is 0 Å². The van der Waals surface area contributed by atoms with Gasteiger partial charge in [0, 0.05) is 31.2 Å². The lowest BCUT2D eigenvalue weighted by atomic mass is 9.83. The van der Waals surface area contributed by atoms with Gasteiger partial charge in [-0.25, -0.2) is 0 Å². The van der Waals surface area contributed by atoms with E-state index in [1.54, 1.807) is 24.4 Å². The summed E-state index contributed by atoms with van der Waals surface area (Å²) in [5.74, 6) is 0.678. The fourth-order valence-electron chi connectivity index (χ4n) is 6.53. The monoisotopic (exact) mass is 603 g/mol. The Morgan fingerprint density at radius 2 is 1.89 bits per heavy atom. The van der Waals surface area contributed by atoms with E-state index in [9.17, 15) is 14.7 Å². The molecule has 3 unspecified atom stereocenters. The Labute approximate surface area is 256 Å². The SMILES string of the molecule is CCCCN(C(=O)CN1CC(c2cc(OC)c3c(c2)OCO3)C(C(=O)O)C1CCc1cccc2c1OCO2)c1cccnc1. The highest BCUT2D eigenvalue weighted by Crippen LogP contribution is 2.47. The number of ether oxygens (including phenoxy) is 5. The molecule has 1 fully saturated rings. The second-order valence-corrected chi connectivity index (χ2v) is 11.2. The topological polar surface area (TPSA) is 120 Å². The summed E-state index contributed by atoms with van der Waals surface area (Å²) in [7, 11) is 1.55. The van der Waals surface area contributed by atoms with Crippen LogP contribution in [-0.4, -0.2) is 73.2 Å². The molecule has 3 aliphatic heterocycles. The summed E-state index contributed by atoms with van der Waals surface area (Å²) in [6.07, 6.45) is 6.20. The fourth-order valence-corrected chi connectivity index (χ4v) is 6.53. The van der Waals surface area contributed by atoms with E-state index in [0.717, 1.165) is 29.7 Å². The van der Waals surface area contributed by atoms with Crippen LogP contribution in [0.2, 0.25) is 0 Å². The van der Waals surface area contributed by atoms with Crippen LogP contribution in [0.4, 0.5) is 5.69 Å². The second kappa shape index (κ2) is 13.0. The van der Waals surface area contributed by atoms with Crippen molar-refractivity contribution >= 4 is 17.6 Å². The first kappa shape index (κ1) is 29.6. The first-order valence-electron chi connectivity index (χ1n) is 15.0. The van der Waals surface area contributed by atoms with Crippen LogP contribution in [0.1, 0.15) is 43.2 Å². The maximum Gasteiger partial charge on any atom is 0.308 e. The van der Waals surface area contributed by atoms with Gasteiger partial charge in [0.1, 0.15) is 0 Å². The van der Waals surface area contributed by atoms with Crippen LogP contribution in [0.25, 0.3) is 0 Å². The number of benzene rings is 2. The number of carbonyl (C=O) groups is 2. The number of fused-ring (bicyclic) bond motifs is 2. The van der Waals surface area contributed by atoms with Crippen LogP contribution in [0.3, 0.4) is 0 Å². The Morgan fingerprint density at radius 3 is 2.64 bits per heavy atom. The van der Waals surface area contributed by atoms with Crippen LogP contribution < -0.4 is 28.6 Å². The number of anilines is 1. The zero-order valence-electron chi connectivity index (χ0n) is 24.9. The molecule has 0 radical (unpaired) electrons. The quantitative estimate of drug-likeness (QED) is 0.317. The number of carbonyl (C=O) groups excluding carboxylic acids is 1. The smallest absolute Gasteiger partial charge is 0.308 e. The van der Waals surface area contributed by atoms with Crippen molar-refractivity contribution in [2.75, 3.05) is 45.2 Å². The van der Waals surface area contributed by atoms with E-state index >= 15 is 0 Å². The van der Waals surface area contributed by atoms with Crippen LogP contribution in [0.5, 0.6) is 28.7 Å². The van der Waals surface area contributed by atoms with E-state index in [1.165, 1.54) is 0 Å². The van der Waals surface area contributed by atoms with Crippen molar-refractivity contribution in [3.8, 4) is 28.7 Å². The molecule has 0 bridgehead atoms. The van der Waals surface area contributed by atoms with E-state index in [2.05, 4.69) is 11.9 Å². The predicted molar refractivity (Wildman–Crippen MR) is 161 cm³/mol. The third kappa shape index (κ3) is 5.84. The number of methoxy groups -OCH3 is 1. The number of likely N-dealkylation sites (tertiary alicyclic amines) is 1. The minimum atomic E-state index is -0.917. The minimum absolute atomic E-state index is 0.0672. The lowest BCUT2D eigenvalue weighted by molar-refractivity contribution is -0.143. The third-order valence-electron chi connectivity index (χ3n) is 8.66. The number of aryl methyl sites for hydroxylation is 1. The molecule has 0 aliphatic carbocycles. The highest BCUT2D eigenvalue weighted by Gasteiger charge is 2.47. The van der Waals surface area contributed by atoms with E-state index in [4.69, 9.17) is 23.7 Å². The molecule has 4 heterocycles. The van der Waals surface area contributed by atoms with Gasteiger partial charge in [-0.1, -0.05) is 25.5 Å². The fraction of sp³-hybridized carbons (Fsp3) is 0.424. The Kier molecular flexibility index (Phi) is 8.74. The van der Waals surface area contributed by atoms with Gasteiger partial charge in [-0.2, -0.15) is 0 Å². The van der Waals surface area contributed by atoms with Gasteiger partial charge >= 0.3 is 5.97 Å². The normalized spacial score (nSPS) is 20.1. The molecular weight excluding hydrogens is 566 g/mol. The molecule has 11 heteroatoms. The molecule has 3 aromatic rings. The van der Waals surface area contributed by atoms with Gasteiger partial charge in [0.05, 0.1) is 31.5 Å².